The standard InChI is InChI=1S/C20H32N4O2/c1-15-4-9-24(10-5-15)20(21)22-7-11-23-8-6-16-12-18(25-2)19(26-3)13-17(16)14-23/h12-13,15H,4-11,14H2,1-3H3,(H2,21,22). The number of piperidine rings is 1. The number of methoxy groups -OCH3 is 2. The van der Waals surface area contributed by atoms with E-state index >= 15 is 0 Å². The van der Waals surface area contributed by atoms with Gasteiger partial charge in [0, 0.05) is 32.7 Å². The molecule has 0 amide bonds. The molecule has 1 saturated heterocycles. The maximum atomic E-state index is 6.18. The van der Waals surface area contributed by atoms with E-state index in [1.165, 1.54) is 24.0 Å². The number of aliphatic imine (C=N–C) groups is 1. The summed E-state index contributed by atoms with van der Waals surface area (Å²) in [4.78, 5) is 9.28. The Hall–Kier alpha value is -1.95. The van der Waals surface area contributed by atoms with E-state index in [9.17, 15) is 0 Å². The first kappa shape index (κ1) is 18.8. The first-order valence-electron chi connectivity index (χ1n) is 9.61. The Balaban J connectivity index is 1.54. The molecule has 2 N–H and O–H groups in total. The number of rotatable bonds is 5. The van der Waals surface area contributed by atoms with E-state index in [2.05, 4.69) is 33.8 Å². The molecular weight excluding hydrogens is 328 g/mol. The van der Waals surface area contributed by atoms with Crippen LogP contribution in [0.2, 0.25) is 0 Å². The van der Waals surface area contributed by atoms with Crippen LogP contribution in [0.3, 0.4) is 0 Å². The zero-order chi connectivity index (χ0) is 18.5. The average Bonchev–Trinajstić information content (AvgIpc) is 2.67. The normalized spacial score (nSPS) is 19.3. The van der Waals surface area contributed by atoms with Crippen molar-refractivity contribution < 1.29 is 9.47 Å². The Kier molecular flexibility index (Phi) is 6.25. The average molecular weight is 361 g/mol. The Labute approximate surface area is 157 Å². The van der Waals surface area contributed by atoms with Crippen LogP contribution in [0.5, 0.6) is 11.5 Å². The molecule has 6 heteroatoms. The van der Waals surface area contributed by atoms with E-state index in [4.69, 9.17) is 15.2 Å². The van der Waals surface area contributed by atoms with Gasteiger partial charge in [0.05, 0.1) is 20.8 Å². The third kappa shape index (κ3) is 4.41. The highest BCUT2D eigenvalue weighted by molar-refractivity contribution is 5.78. The van der Waals surface area contributed by atoms with E-state index < -0.39 is 0 Å². The summed E-state index contributed by atoms with van der Waals surface area (Å²) in [5.74, 6) is 3.13. The number of fused-ring (bicyclic) bond motifs is 1. The van der Waals surface area contributed by atoms with Crippen LogP contribution in [0.4, 0.5) is 0 Å². The molecule has 1 fully saturated rings. The quantitative estimate of drug-likeness (QED) is 0.644. The topological polar surface area (TPSA) is 63.3 Å². The number of hydrogen-bond donors (Lipinski definition) is 1. The van der Waals surface area contributed by atoms with Gasteiger partial charge in [-0.25, -0.2) is 0 Å². The summed E-state index contributed by atoms with van der Waals surface area (Å²) in [6.07, 6.45) is 3.45. The van der Waals surface area contributed by atoms with Crippen molar-refractivity contribution in [3.8, 4) is 11.5 Å². The van der Waals surface area contributed by atoms with E-state index in [0.717, 1.165) is 63.1 Å². The monoisotopic (exact) mass is 360 g/mol. The van der Waals surface area contributed by atoms with Gasteiger partial charge in [-0.1, -0.05) is 6.92 Å². The van der Waals surface area contributed by atoms with Crippen LogP contribution < -0.4 is 15.2 Å². The fourth-order valence-corrected chi connectivity index (χ4v) is 3.78. The number of nitrogens with two attached hydrogens (primary N) is 1. The molecule has 0 spiro atoms. The minimum absolute atomic E-state index is 0.709. The molecule has 0 aromatic heterocycles. The van der Waals surface area contributed by atoms with Gasteiger partial charge in [-0.05, 0) is 48.4 Å². The highest BCUT2D eigenvalue weighted by Crippen LogP contribution is 2.33. The summed E-state index contributed by atoms with van der Waals surface area (Å²) in [6.45, 7) is 8.03. The fourth-order valence-electron chi connectivity index (χ4n) is 3.78. The highest BCUT2D eigenvalue weighted by Gasteiger charge is 2.20. The van der Waals surface area contributed by atoms with E-state index in [1.54, 1.807) is 14.2 Å². The largest absolute Gasteiger partial charge is 0.493 e. The van der Waals surface area contributed by atoms with Gasteiger partial charge in [0.15, 0.2) is 17.5 Å². The van der Waals surface area contributed by atoms with Crippen molar-refractivity contribution in [1.82, 2.24) is 9.80 Å². The minimum atomic E-state index is 0.709. The zero-order valence-electron chi connectivity index (χ0n) is 16.3. The molecule has 2 aliphatic rings. The molecule has 0 bridgehead atoms. The van der Waals surface area contributed by atoms with Crippen molar-refractivity contribution in [3.63, 3.8) is 0 Å². The van der Waals surface area contributed by atoms with Gasteiger partial charge in [-0.15, -0.1) is 0 Å². The molecule has 2 aliphatic heterocycles. The molecule has 1 aromatic carbocycles. The third-order valence-electron chi connectivity index (χ3n) is 5.59. The van der Waals surface area contributed by atoms with Crippen LogP contribution in [0, 0.1) is 5.92 Å². The molecule has 0 aliphatic carbocycles. The van der Waals surface area contributed by atoms with Crippen molar-refractivity contribution in [2.24, 2.45) is 16.6 Å². The van der Waals surface area contributed by atoms with Crippen LogP contribution in [-0.4, -0.2) is 62.7 Å². The molecular formula is C20H32N4O2. The zero-order valence-corrected chi connectivity index (χ0v) is 16.3. The Morgan fingerprint density at radius 3 is 2.42 bits per heavy atom. The van der Waals surface area contributed by atoms with Gasteiger partial charge in [0.1, 0.15) is 0 Å². The molecule has 26 heavy (non-hydrogen) atoms. The van der Waals surface area contributed by atoms with Gasteiger partial charge < -0.3 is 20.1 Å². The Bertz CT molecular complexity index is 639. The lowest BCUT2D eigenvalue weighted by molar-refractivity contribution is 0.257. The third-order valence-corrected chi connectivity index (χ3v) is 5.59. The van der Waals surface area contributed by atoms with E-state index in [-0.39, 0.29) is 0 Å². The maximum Gasteiger partial charge on any atom is 0.191 e. The van der Waals surface area contributed by atoms with Crippen LogP contribution in [-0.2, 0) is 13.0 Å². The predicted octanol–water partition coefficient (Wildman–Crippen LogP) is 2.11. The first-order valence-corrected chi connectivity index (χ1v) is 9.61. The second-order valence-corrected chi connectivity index (χ2v) is 7.41. The number of ether oxygens (including phenoxy) is 2. The van der Waals surface area contributed by atoms with Crippen molar-refractivity contribution >= 4 is 5.96 Å². The number of nitrogens with zero attached hydrogens (tertiary/aromatic N) is 3. The first-order chi connectivity index (χ1) is 12.6. The lowest BCUT2D eigenvalue weighted by atomic mass is 9.99. The van der Waals surface area contributed by atoms with Crippen LogP contribution in [0.15, 0.2) is 17.1 Å². The number of guanidine groups is 1. The Morgan fingerprint density at radius 2 is 1.77 bits per heavy atom. The van der Waals surface area contributed by atoms with Gasteiger partial charge in [0.2, 0.25) is 0 Å². The van der Waals surface area contributed by atoms with Crippen molar-refractivity contribution in [2.75, 3.05) is 46.9 Å². The number of hydrogen-bond acceptors (Lipinski definition) is 4. The van der Waals surface area contributed by atoms with Gasteiger partial charge in [0.25, 0.3) is 0 Å². The van der Waals surface area contributed by atoms with Crippen LogP contribution >= 0.6 is 0 Å². The molecule has 1 aromatic rings. The van der Waals surface area contributed by atoms with Crippen molar-refractivity contribution in [3.05, 3.63) is 23.3 Å². The summed E-state index contributed by atoms with van der Waals surface area (Å²) < 4.78 is 10.8. The van der Waals surface area contributed by atoms with Gasteiger partial charge >= 0.3 is 0 Å². The maximum absolute atomic E-state index is 6.18. The fraction of sp³-hybridized carbons (Fsp3) is 0.650. The summed E-state index contributed by atoms with van der Waals surface area (Å²) in [5.41, 5.74) is 8.85. The predicted molar refractivity (Wildman–Crippen MR) is 105 cm³/mol. The molecule has 0 atom stereocenters. The van der Waals surface area contributed by atoms with Crippen molar-refractivity contribution in [1.29, 1.82) is 0 Å². The second kappa shape index (κ2) is 8.62. The number of benzene rings is 1. The molecule has 144 valence electrons. The molecule has 0 radical (unpaired) electrons. The summed E-state index contributed by atoms with van der Waals surface area (Å²) in [7, 11) is 3.37. The van der Waals surface area contributed by atoms with Gasteiger partial charge in [-0.2, -0.15) is 0 Å². The SMILES string of the molecule is COc1cc2c(cc1OC)CN(CCN=C(N)N1CCC(C)CC1)CC2. The Morgan fingerprint density at radius 1 is 1.12 bits per heavy atom. The minimum Gasteiger partial charge on any atom is -0.493 e. The van der Waals surface area contributed by atoms with E-state index in [1.807, 2.05) is 0 Å². The summed E-state index contributed by atoms with van der Waals surface area (Å²) in [5, 5.41) is 0. The second-order valence-electron chi connectivity index (χ2n) is 7.41. The lowest BCUT2D eigenvalue weighted by Gasteiger charge is -2.31. The molecule has 0 saturated carbocycles. The molecule has 2 heterocycles. The van der Waals surface area contributed by atoms with Crippen LogP contribution in [0.25, 0.3) is 0 Å². The smallest absolute Gasteiger partial charge is 0.191 e. The van der Waals surface area contributed by atoms with Crippen LogP contribution in [0.1, 0.15) is 30.9 Å². The highest BCUT2D eigenvalue weighted by atomic mass is 16.5. The lowest BCUT2D eigenvalue weighted by Crippen LogP contribution is -2.43. The molecule has 3 rings (SSSR count). The molecule has 6 nitrogen and oxygen atoms in total. The van der Waals surface area contributed by atoms with Crippen molar-refractivity contribution in [2.45, 2.75) is 32.7 Å². The van der Waals surface area contributed by atoms with Gasteiger partial charge in [-0.3, -0.25) is 9.89 Å². The summed E-state index contributed by atoms with van der Waals surface area (Å²) in [6, 6.07) is 4.21. The molecule has 0 unspecified atom stereocenters. The number of likely N-dealkylation sites (tertiary alicyclic amines) is 1. The summed E-state index contributed by atoms with van der Waals surface area (Å²) >= 11 is 0. The van der Waals surface area contributed by atoms with E-state index in [0.29, 0.717) is 5.96 Å².